The number of ether oxygens (including phenoxy) is 1. The molecule has 0 fully saturated rings. The first-order chi connectivity index (χ1) is 12.1. The fraction of sp³-hybridized carbons (Fsp3) is 0.895. The first kappa shape index (κ1) is 28.1. The standard InChI is InChI=1S/C19H37NO5.Na/c1-2-3-4-5-6-7-8-9-16-25-17-10-13-20(14-11-18(21)22)15-12-19(23)24;/h2-17H2,1H3,(H,21,22)(H,23,24);/q;+1/p-1. The van der Waals surface area contributed by atoms with Crippen LogP contribution in [0, 0.1) is 0 Å². The summed E-state index contributed by atoms with van der Waals surface area (Å²) in [5.41, 5.74) is 0. The molecule has 0 aliphatic heterocycles. The van der Waals surface area contributed by atoms with Gasteiger partial charge in [0, 0.05) is 38.8 Å². The number of carboxylic acid groups (broad SMARTS) is 2. The van der Waals surface area contributed by atoms with E-state index in [0.29, 0.717) is 26.2 Å². The molecule has 0 aromatic heterocycles. The van der Waals surface area contributed by atoms with Gasteiger partial charge in [0.05, 0.1) is 6.42 Å². The van der Waals surface area contributed by atoms with E-state index in [2.05, 4.69) is 6.92 Å². The van der Waals surface area contributed by atoms with Gasteiger partial charge in [-0.15, -0.1) is 0 Å². The minimum atomic E-state index is -1.11. The zero-order valence-electron chi connectivity index (χ0n) is 16.8. The van der Waals surface area contributed by atoms with Crippen LogP contribution in [0.4, 0.5) is 0 Å². The topological polar surface area (TPSA) is 89.9 Å². The van der Waals surface area contributed by atoms with Gasteiger partial charge >= 0.3 is 35.5 Å². The summed E-state index contributed by atoms with van der Waals surface area (Å²) in [5, 5.41) is 19.3. The zero-order chi connectivity index (χ0) is 18.8. The van der Waals surface area contributed by atoms with Crippen LogP contribution >= 0.6 is 0 Å². The van der Waals surface area contributed by atoms with Gasteiger partial charge < -0.3 is 24.6 Å². The van der Waals surface area contributed by atoms with E-state index in [0.717, 1.165) is 19.4 Å². The summed E-state index contributed by atoms with van der Waals surface area (Å²) >= 11 is 0. The molecule has 0 rings (SSSR count). The van der Waals surface area contributed by atoms with Crippen LogP contribution in [-0.2, 0) is 14.3 Å². The molecule has 0 unspecified atom stereocenters. The summed E-state index contributed by atoms with van der Waals surface area (Å²) in [6, 6.07) is 0. The van der Waals surface area contributed by atoms with Crippen molar-refractivity contribution in [3.8, 4) is 0 Å². The second kappa shape index (κ2) is 21.2. The largest absolute Gasteiger partial charge is 1.00 e. The molecule has 0 aromatic rings. The molecular weight excluding hydrogens is 345 g/mol. The number of rotatable bonds is 19. The van der Waals surface area contributed by atoms with Crippen molar-refractivity contribution in [2.24, 2.45) is 0 Å². The van der Waals surface area contributed by atoms with Crippen LogP contribution in [0.5, 0.6) is 0 Å². The monoisotopic (exact) mass is 381 g/mol. The number of nitrogens with zero attached hydrogens (tertiary/aromatic N) is 1. The van der Waals surface area contributed by atoms with E-state index in [1.165, 1.54) is 44.9 Å². The van der Waals surface area contributed by atoms with Crippen molar-refractivity contribution < 1.29 is 54.1 Å². The summed E-state index contributed by atoms with van der Waals surface area (Å²) in [6.45, 7) is 4.97. The average molecular weight is 381 g/mol. The quantitative estimate of drug-likeness (QED) is 0.239. The first-order valence-corrected chi connectivity index (χ1v) is 9.78. The molecule has 0 bridgehead atoms. The third-order valence-corrected chi connectivity index (χ3v) is 4.18. The molecule has 0 aliphatic carbocycles. The summed E-state index contributed by atoms with van der Waals surface area (Å²) in [6.07, 6.45) is 10.9. The Morgan fingerprint density at radius 1 is 0.846 bits per heavy atom. The number of unbranched alkanes of at least 4 members (excludes halogenated alkanes) is 7. The van der Waals surface area contributed by atoms with Crippen molar-refractivity contribution in [1.82, 2.24) is 4.90 Å². The summed E-state index contributed by atoms with van der Waals surface area (Å²) in [5.74, 6) is -1.98. The van der Waals surface area contributed by atoms with Crippen LogP contribution in [0.15, 0.2) is 0 Å². The van der Waals surface area contributed by atoms with Crippen molar-refractivity contribution in [2.75, 3.05) is 32.8 Å². The maximum Gasteiger partial charge on any atom is 1.00 e. The average Bonchev–Trinajstić information content (AvgIpc) is 2.57. The van der Waals surface area contributed by atoms with Crippen LogP contribution in [0.25, 0.3) is 0 Å². The molecule has 0 spiro atoms. The van der Waals surface area contributed by atoms with Crippen LogP contribution in [0.3, 0.4) is 0 Å². The van der Waals surface area contributed by atoms with Gasteiger partial charge in [-0.2, -0.15) is 0 Å². The molecule has 0 aliphatic rings. The SMILES string of the molecule is CCCCCCCCCCOCCCN(CCC(=O)[O-])CCC(=O)O.[Na+]. The van der Waals surface area contributed by atoms with Gasteiger partial charge in [-0.25, -0.2) is 0 Å². The fourth-order valence-corrected chi connectivity index (χ4v) is 2.67. The molecule has 0 amide bonds. The number of aliphatic carboxylic acids is 2. The van der Waals surface area contributed by atoms with Crippen molar-refractivity contribution in [3.63, 3.8) is 0 Å². The first-order valence-electron chi connectivity index (χ1n) is 9.78. The van der Waals surface area contributed by atoms with Crippen LogP contribution in [0.1, 0.15) is 77.6 Å². The Balaban J connectivity index is 0. The van der Waals surface area contributed by atoms with Crippen molar-refractivity contribution in [1.29, 1.82) is 0 Å². The Bertz CT molecular complexity index is 324. The third kappa shape index (κ3) is 21.9. The second-order valence-corrected chi connectivity index (χ2v) is 6.55. The smallest absolute Gasteiger partial charge is 0.550 e. The second-order valence-electron chi connectivity index (χ2n) is 6.55. The molecule has 0 radical (unpaired) electrons. The number of carbonyl (C=O) groups is 2. The number of hydrogen-bond donors (Lipinski definition) is 1. The molecule has 7 heteroatoms. The Morgan fingerprint density at radius 2 is 1.38 bits per heavy atom. The molecule has 0 saturated carbocycles. The van der Waals surface area contributed by atoms with E-state index in [4.69, 9.17) is 9.84 Å². The Labute approximate surface area is 181 Å². The molecular formula is C19H36NNaO5. The van der Waals surface area contributed by atoms with Gasteiger partial charge in [0.15, 0.2) is 0 Å². The van der Waals surface area contributed by atoms with Gasteiger partial charge in [-0.1, -0.05) is 51.9 Å². The minimum absolute atomic E-state index is 0. The number of carbonyl (C=O) groups excluding carboxylic acids is 1. The number of carboxylic acids is 2. The Kier molecular flexibility index (Phi) is 22.9. The van der Waals surface area contributed by atoms with Crippen LogP contribution < -0.4 is 34.7 Å². The normalized spacial score (nSPS) is 10.7. The van der Waals surface area contributed by atoms with Crippen LogP contribution in [0.2, 0.25) is 0 Å². The fourth-order valence-electron chi connectivity index (χ4n) is 2.67. The Hall–Kier alpha value is -0.140. The van der Waals surface area contributed by atoms with Crippen molar-refractivity contribution in [3.05, 3.63) is 0 Å². The molecule has 1 N–H and O–H groups in total. The number of hydrogen-bond acceptors (Lipinski definition) is 5. The zero-order valence-corrected chi connectivity index (χ0v) is 18.8. The maximum absolute atomic E-state index is 10.6. The molecule has 0 saturated heterocycles. The van der Waals surface area contributed by atoms with E-state index >= 15 is 0 Å². The molecule has 0 heterocycles. The van der Waals surface area contributed by atoms with E-state index in [1.807, 2.05) is 4.90 Å². The molecule has 26 heavy (non-hydrogen) atoms. The minimum Gasteiger partial charge on any atom is -0.550 e. The molecule has 0 atom stereocenters. The summed E-state index contributed by atoms with van der Waals surface area (Å²) < 4.78 is 5.61. The molecule has 148 valence electrons. The van der Waals surface area contributed by atoms with Crippen LogP contribution in [-0.4, -0.2) is 54.8 Å². The van der Waals surface area contributed by atoms with Crippen molar-refractivity contribution in [2.45, 2.75) is 77.6 Å². The maximum atomic E-state index is 10.6. The van der Waals surface area contributed by atoms with E-state index in [-0.39, 0.29) is 42.4 Å². The molecule has 0 aromatic carbocycles. The van der Waals surface area contributed by atoms with E-state index in [9.17, 15) is 14.7 Å². The summed E-state index contributed by atoms with van der Waals surface area (Å²) in [7, 11) is 0. The van der Waals surface area contributed by atoms with Crippen molar-refractivity contribution >= 4 is 11.9 Å². The van der Waals surface area contributed by atoms with Gasteiger partial charge in [0.1, 0.15) is 0 Å². The van der Waals surface area contributed by atoms with Gasteiger partial charge in [-0.3, -0.25) is 4.79 Å². The van der Waals surface area contributed by atoms with Gasteiger partial charge in [-0.05, 0) is 19.3 Å². The van der Waals surface area contributed by atoms with E-state index in [1.54, 1.807) is 0 Å². The molecule has 6 nitrogen and oxygen atoms in total. The van der Waals surface area contributed by atoms with Gasteiger partial charge in [0.25, 0.3) is 0 Å². The van der Waals surface area contributed by atoms with E-state index < -0.39 is 11.9 Å². The Morgan fingerprint density at radius 3 is 1.96 bits per heavy atom. The predicted octanol–water partition coefficient (Wildman–Crippen LogP) is -0.545. The summed E-state index contributed by atoms with van der Waals surface area (Å²) in [4.78, 5) is 23.0. The predicted molar refractivity (Wildman–Crippen MR) is 96.4 cm³/mol. The van der Waals surface area contributed by atoms with Gasteiger partial charge in [0.2, 0.25) is 0 Å². The third-order valence-electron chi connectivity index (χ3n) is 4.18.